The van der Waals surface area contributed by atoms with Gasteiger partial charge in [-0.1, -0.05) is 58.1 Å². The van der Waals surface area contributed by atoms with E-state index in [0.29, 0.717) is 6.42 Å². The van der Waals surface area contributed by atoms with Gasteiger partial charge >= 0.3 is 19.8 Å². The third-order valence-corrected chi connectivity index (χ3v) is 5.44. The van der Waals surface area contributed by atoms with Gasteiger partial charge in [0.05, 0.1) is 13.2 Å². The zero-order valence-electron chi connectivity index (χ0n) is 19.7. The van der Waals surface area contributed by atoms with E-state index < -0.39 is 32.5 Å². The number of nitrogens with two attached hydrogens (primary N) is 1. The molecular weight excluding hydrogens is 437 g/mol. The number of hydrogen-bond donors (Lipinski definition) is 2. The normalized spacial score (nSPS) is 14.2. The number of allylic oxidation sites excluding steroid dienone is 2. The number of rotatable bonds is 21. The number of ether oxygens (including phenoxy) is 2. The highest BCUT2D eigenvalue weighted by Gasteiger charge is 2.25. The Morgan fingerprint density at radius 2 is 1.59 bits per heavy atom. The molecule has 32 heavy (non-hydrogen) atoms. The molecule has 0 saturated carbocycles. The van der Waals surface area contributed by atoms with E-state index in [-0.39, 0.29) is 32.6 Å². The molecule has 2 unspecified atom stereocenters. The van der Waals surface area contributed by atoms with E-state index >= 15 is 0 Å². The highest BCUT2D eigenvalue weighted by Crippen LogP contribution is 2.43. The van der Waals surface area contributed by atoms with E-state index in [1.807, 2.05) is 0 Å². The van der Waals surface area contributed by atoms with Crippen LogP contribution in [0.2, 0.25) is 0 Å². The van der Waals surface area contributed by atoms with Crippen molar-refractivity contribution in [1.82, 2.24) is 0 Å². The fraction of sp³-hybridized carbons (Fsp3) is 0.818. The number of esters is 2. The lowest BCUT2D eigenvalue weighted by Gasteiger charge is -2.19. The minimum atomic E-state index is -4.33. The van der Waals surface area contributed by atoms with Crippen LogP contribution >= 0.6 is 7.82 Å². The molecule has 0 aromatic heterocycles. The molecule has 3 N–H and O–H groups in total. The van der Waals surface area contributed by atoms with Crippen molar-refractivity contribution in [3.8, 4) is 0 Å². The minimum Gasteiger partial charge on any atom is -0.462 e. The molecule has 10 heteroatoms. The number of phosphoric ester groups is 1. The average molecular weight is 480 g/mol. The first-order valence-corrected chi connectivity index (χ1v) is 13.2. The third-order valence-electron chi connectivity index (χ3n) is 4.46. The third kappa shape index (κ3) is 19.4. The summed E-state index contributed by atoms with van der Waals surface area (Å²) in [5, 5.41) is 0. The maximum atomic E-state index is 12.1. The molecule has 0 saturated heterocycles. The number of unbranched alkanes of at least 4 members (excludes halogenated alkanes) is 7. The quantitative estimate of drug-likeness (QED) is 0.106. The molecule has 0 rings (SSSR count). The Hall–Kier alpha value is -1.25. The summed E-state index contributed by atoms with van der Waals surface area (Å²) in [7, 11) is -4.33. The van der Waals surface area contributed by atoms with Crippen molar-refractivity contribution < 1.29 is 37.6 Å². The standard InChI is InChI=1S/C22H42NO8P/c1-3-5-6-7-8-9-10-11-12-13-14-15-22(25)31-20(18-28-21(24)4-2)19-30-32(26,27)29-17-16-23/h7-8,20H,3-6,9-19,23H2,1-2H3,(H,26,27)/b8-7-. The SMILES string of the molecule is CCCC/C=C\CCCCCCCC(=O)OC(COC(=O)CC)COP(=O)(O)OCCN. The first kappa shape index (κ1) is 30.8. The predicted molar refractivity (Wildman–Crippen MR) is 123 cm³/mol. The molecule has 0 fully saturated rings. The summed E-state index contributed by atoms with van der Waals surface area (Å²) in [5.41, 5.74) is 5.23. The number of phosphoric acid groups is 1. The van der Waals surface area contributed by atoms with Crippen LogP contribution in [-0.2, 0) is 32.7 Å². The van der Waals surface area contributed by atoms with E-state index in [4.69, 9.17) is 19.7 Å². The first-order valence-electron chi connectivity index (χ1n) is 11.7. The molecule has 0 bridgehead atoms. The molecule has 188 valence electrons. The lowest BCUT2D eigenvalue weighted by atomic mass is 10.1. The molecule has 0 radical (unpaired) electrons. The average Bonchev–Trinajstić information content (AvgIpc) is 2.77. The summed E-state index contributed by atoms with van der Waals surface area (Å²) in [6.45, 7) is 3.01. The summed E-state index contributed by atoms with van der Waals surface area (Å²) < 4.78 is 31.5. The molecule has 0 aliphatic rings. The van der Waals surface area contributed by atoms with Crippen LogP contribution in [0.4, 0.5) is 0 Å². The molecule has 0 heterocycles. The van der Waals surface area contributed by atoms with Gasteiger partial charge in [0.25, 0.3) is 0 Å². The molecule has 0 aliphatic carbocycles. The monoisotopic (exact) mass is 479 g/mol. The van der Waals surface area contributed by atoms with Crippen molar-refractivity contribution in [1.29, 1.82) is 0 Å². The second-order valence-corrected chi connectivity index (χ2v) is 8.91. The first-order chi connectivity index (χ1) is 15.3. The van der Waals surface area contributed by atoms with Crippen LogP contribution in [0.15, 0.2) is 12.2 Å². The number of carbonyl (C=O) groups excluding carboxylic acids is 2. The second kappa shape index (κ2) is 20.4. The molecule has 9 nitrogen and oxygen atoms in total. The van der Waals surface area contributed by atoms with Gasteiger partial charge in [0.1, 0.15) is 6.61 Å². The van der Waals surface area contributed by atoms with Crippen molar-refractivity contribution in [2.75, 3.05) is 26.4 Å². The van der Waals surface area contributed by atoms with E-state index in [0.717, 1.165) is 38.5 Å². The molecule has 0 aliphatic heterocycles. The van der Waals surface area contributed by atoms with E-state index in [2.05, 4.69) is 23.6 Å². The fourth-order valence-electron chi connectivity index (χ4n) is 2.65. The van der Waals surface area contributed by atoms with Crippen molar-refractivity contribution in [2.24, 2.45) is 5.73 Å². The van der Waals surface area contributed by atoms with Crippen LogP contribution in [0.3, 0.4) is 0 Å². The van der Waals surface area contributed by atoms with Crippen LogP contribution in [0.1, 0.15) is 84.5 Å². The Kier molecular flexibility index (Phi) is 19.6. The van der Waals surface area contributed by atoms with Crippen molar-refractivity contribution in [3.05, 3.63) is 12.2 Å². The van der Waals surface area contributed by atoms with Gasteiger partial charge in [0.15, 0.2) is 6.10 Å². The van der Waals surface area contributed by atoms with Gasteiger partial charge in [-0.05, 0) is 25.7 Å². The van der Waals surface area contributed by atoms with E-state index in [9.17, 15) is 19.0 Å². The Morgan fingerprint density at radius 3 is 2.25 bits per heavy atom. The van der Waals surface area contributed by atoms with Gasteiger partial charge in [-0.25, -0.2) is 4.57 Å². The lowest BCUT2D eigenvalue weighted by molar-refractivity contribution is -0.161. The van der Waals surface area contributed by atoms with Gasteiger partial charge in [-0.15, -0.1) is 0 Å². The summed E-state index contributed by atoms with van der Waals surface area (Å²) in [4.78, 5) is 33.1. The summed E-state index contributed by atoms with van der Waals surface area (Å²) >= 11 is 0. The van der Waals surface area contributed by atoms with Crippen molar-refractivity contribution in [2.45, 2.75) is 90.6 Å². The maximum absolute atomic E-state index is 12.1. The molecule has 0 aromatic rings. The van der Waals surface area contributed by atoms with Crippen molar-refractivity contribution >= 4 is 19.8 Å². The summed E-state index contributed by atoms with van der Waals surface area (Å²) in [6.07, 6.45) is 13.5. The zero-order valence-corrected chi connectivity index (χ0v) is 20.6. The Morgan fingerprint density at radius 1 is 0.938 bits per heavy atom. The second-order valence-electron chi connectivity index (χ2n) is 7.45. The summed E-state index contributed by atoms with van der Waals surface area (Å²) in [6, 6.07) is 0. The molecule has 2 atom stereocenters. The van der Waals surface area contributed by atoms with Crippen LogP contribution in [0.5, 0.6) is 0 Å². The molecule has 0 spiro atoms. The Labute approximate surface area is 192 Å². The Balaban J connectivity index is 4.17. The Bertz CT molecular complexity index is 570. The van der Waals surface area contributed by atoms with E-state index in [1.54, 1.807) is 6.92 Å². The largest absolute Gasteiger partial charge is 0.472 e. The predicted octanol–water partition coefficient (Wildman–Crippen LogP) is 4.42. The highest BCUT2D eigenvalue weighted by atomic mass is 31.2. The van der Waals surface area contributed by atoms with Crippen LogP contribution in [-0.4, -0.2) is 49.3 Å². The van der Waals surface area contributed by atoms with Gasteiger partial charge in [-0.3, -0.25) is 18.6 Å². The zero-order chi connectivity index (χ0) is 24.1. The topological polar surface area (TPSA) is 134 Å². The van der Waals surface area contributed by atoms with Crippen molar-refractivity contribution in [3.63, 3.8) is 0 Å². The number of carbonyl (C=O) groups is 2. The van der Waals surface area contributed by atoms with E-state index in [1.165, 1.54) is 12.8 Å². The van der Waals surface area contributed by atoms with Gasteiger partial charge in [-0.2, -0.15) is 0 Å². The molecule has 0 amide bonds. The number of hydrogen-bond acceptors (Lipinski definition) is 8. The van der Waals surface area contributed by atoms with Gasteiger partial charge in [0.2, 0.25) is 0 Å². The van der Waals surface area contributed by atoms with Crippen LogP contribution in [0.25, 0.3) is 0 Å². The lowest BCUT2D eigenvalue weighted by Crippen LogP contribution is -2.29. The van der Waals surface area contributed by atoms with Gasteiger partial charge < -0.3 is 20.1 Å². The minimum absolute atomic E-state index is 0.0517. The molecule has 0 aromatic carbocycles. The summed E-state index contributed by atoms with van der Waals surface area (Å²) in [5.74, 6) is -0.946. The molecular formula is C22H42NO8P. The highest BCUT2D eigenvalue weighted by molar-refractivity contribution is 7.47. The van der Waals surface area contributed by atoms with Crippen LogP contribution in [0, 0.1) is 0 Å². The maximum Gasteiger partial charge on any atom is 0.472 e. The van der Waals surface area contributed by atoms with Gasteiger partial charge in [0, 0.05) is 19.4 Å². The smallest absolute Gasteiger partial charge is 0.462 e. The fourth-order valence-corrected chi connectivity index (χ4v) is 3.42. The van der Waals surface area contributed by atoms with Crippen LogP contribution < -0.4 is 5.73 Å².